The maximum atomic E-state index is 14.4. The van der Waals surface area contributed by atoms with Crippen LogP contribution in [0, 0.1) is 29.1 Å². The summed E-state index contributed by atoms with van der Waals surface area (Å²) in [5, 5.41) is 10.7. The van der Waals surface area contributed by atoms with Crippen LogP contribution in [0.4, 0.5) is 5.69 Å². The second-order valence-electron chi connectivity index (χ2n) is 13.7. The molecule has 0 bridgehead atoms. The number of fused-ring (bicyclic) bond motifs is 4. The molecule has 9 nitrogen and oxygen atoms in total. The molecule has 1 saturated carbocycles. The molecule has 9 heteroatoms. The Kier molecular flexibility index (Phi) is 7.69. The lowest BCUT2D eigenvalue weighted by Crippen LogP contribution is -2.55. The molecule has 3 aliphatic carbocycles. The molecule has 3 aromatic rings. The van der Waals surface area contributed by atoms with E-state index in [2.05, 4.69) is 0 Å². The standard InChI is InChI=1S/C40H37NO8/c1-20-21(2)37(45)40(3)29(34(20)42)19-28-26(33(40)24-17-30(48-4)36(44)31(18-24)49-5)15-16-27-32(28)39(47)41(38(27)46)25-13-11-23(12-14-25)35(43)22-9-7-6-8-10-22/h6-15,17-18,27-29,32-33,44H,16,19H2,1-5H3/t27-,28+,29-,32-,33-,40+/m0/s1. The largest absolute Gasteiger partial charge is 0.502 e. The Morgan fingerprint density at radius 1 is 0.837 bits per heavy atom. The zero-order chi connectivity index (χ0) is 34.9. The number of carbonyl (C=O) groups is 5. The monoisotopic (exact) mass is 659 g/mol. The summed E-state index contributed by atoms with van der Waals surface area (Å²) in [7, 11) is 2.84. The number of nitrogens with zero attached hydrogens (tertiary/aromatic N) is 1. The van der Waals surface area contributed by atoms with Crippen LogP contribution in [0.15, 0.2) is 89.5 Å². The van der Waals surface area contributed by atoms with Crippen LogP contribution < -0.4 is 14.4 Å². The first-order valence-corrected chi connectivity index (χ1v) is 16.4. The maximum Gasteiger partial charge on any atom is 0.238 e. The summed E-state index contributed by atoms with van der Waals surface area (Å²) in [5.41, 5.74) is 2.38. The van der Waals surface area contributed by atoms with Gasteiger partial charge < -0.3 is 14.6 Å². The highest BCUT2D eigenvalue weighted by molar-refractivity contribution is 6.23. The van der Waals surface area contributed by atoms with E-state index in [1.165, 1.54) is 19.1 Å². The van der Waals surface area contributed by atoms with Crippen molar-refractivity contribution in [2.45, 2.75) is 39.5 Å². The second kappa shape index (κ2) is 11.7. The number of benzene rings is 3. The molecule has 1 saturated heterocycles. The first kappa shape index (κ1) is 32.2. The van der Waals surface area contributed by atoms with Crippen LogP contribution in [-0.4, -0.2) is 48.5 Å². The lowest BCUT2D eigenvalue weighted by molar-refractivity contribution is -0.142. The van der Waals surface area contributed by atoms with Gasteiger partial charge in [0, 0.05) is 23.0 Å². The van der Waals surface area contributed by atoms with Crippen LogP contribution >= 0.6 is 0 Å². The van der Waals surface area contributed by atoms with E-state index >= 15 is 0 Å². The van der Waals surface area contributed by atoms with Crippen LogP contribution in [0.2, 0.25) is 0 Å². The van der Waals surface area contributed by atoms with Gasteiger partial charge in [-0.05, 0) is 85.7 Å². The molecule has 6 atom stereocenters. The number of anilines is 1. The van der Waals surface area contributed by atoms with Crippen LogP contribution in [0.25, 0.3) is 0 Å². The Balaban J connectivity index is 1.31. The number of phenols is 1. The molecule has 0 unspecified atom stereocenters. The number of aromatic hydroxyl groups is 1. The third-order valence-corrected chi connectivity index (χ3v) is 11.4. The van der Waals surface area contributed by atoms with Crippen molar-refractivity contribution in [2.75, 3.05) is 19.1 Å². The number of ether oxygens (including phenoxy) is 2. The van der Waals surface area contributed by atoms with Crippen LogP contribution in [0.3, 0.4) is 0 Å². The quantitative estimate of drug-likeness (QED) is 0.194. The minimum absolute atomic E-state index is 0.143. The van der Waals surface area contributed by atoms with Gasteiger partial charge in [-0.3, -0.25) is 28.9 Å². The smallest absolute Gasteiger partial charge is 0.238 e. The maximum absolute atomic E-state index is 14.4. The van der Waals surface area contributed by atoms with Gasteiger partial charge >= 0.3 is 0 Å². The van der Waals surface area contributed by atoms with E-state index in [1.54, 1.807) is 74.5 Å². The average molecular weight is 660 g/mol. The zero-order valence-corrected chi connectivity index (χ0v) is 28.0. The number of Topliss-reactive ketones (excluding diaryl/α,β-unsaturated/α-hetero) is 2. The van der Waals surface area contributed by atoms with E-state index in [0.29, 0.717) is 33.5 Å². The van der Waals surface area contributed by atoms with Gasteiger partial charge in [-0.2, -0.15) is 0 Å². The van der Waals surface area contributed by atoms with Gasteiger partial charge in [0.15, 0.2) is 28.8 Å². The van der Waals surface area contributed by atoms with E-state index in [-0.39, 0.29) is 59.3 Å². The Morgan fingerprint density at radius 2 is 1.45 bits per heavy atom. The summed E-state index contributed by atoms with van der Waals surface area (Å²) in [6.07, 6.45) is 2.49. The van der Waals surface area contributed by atoms with E-state index < -0.39 is 35.0 Å². The lowest BCUT2D eigenvalue weighted by atomic mass is 9.46. The van der Waals surface area contributed by atoms with Crippen molar-refractivity contribution < 1.29 is 38.6 Å². The van der Waals surface area contributed by atoms with Crippen LogP contribution in [0.5, 0.6) is 17.2 Å². The van der Waals surface area contributed by atoms with Crippen molar-refractivity contribution in [2.24, 2.45) is 29.1 Å². The van der Waals surface area contributed by atoms with Gasteiger partial charge in [0.25, 0.3) is 0 Å². The summed E-state index contributed by atoms with van der Waals surface area (Å²) in [4.78, 5) is 71.0. The number of hydrogen-bond acceptors (Lipinski definition) is 8. The van der Waals surface area contributed by atoms with E-state index in [0.717, 1.165) is 5.57 Å². The fourth-order valence-corrected chi connectivity index (χ4v) is 8.81. The van der Waals surface area contributed by atoms with Gasteiger partial charge in [-0.1, -0.05) is 48.9 Å². The number of imide groups is 1. The summed E-state index contributed by atoms with van der Waals surface area (Å²) < 4.78 is 11.0. The van der Waals surface area contributed by atoms with Crippen LogP contribution in [0.1, 0.15) is 61.0 Å². The molecule has 0 radical (unpaired) electrons. The second-order valence-corrected chi connectivity index (χ2v) is 13.7. The van der Waals surface area contributed by atoms with Crippen LogP contribution in [-0.2, 0) is 19.2 Å². The molecule has 1 aliphatic heterocycles. The molecular weight excluding hydrogens is 622 g/mol. The van der Waals surface area contributed by atoms with Gasteiger partial charge in [0.1, 0.15) is 0 Å². The Morgan fingerprint density at radius 3 is 2.06 bits per heavy atom. The first-order chi connectivity index (χ1) is 23.4. The number of phenolic OH excluding ortho intramolecular Hbond substituents is 1. The van der Waals surface area contributed by atoms with E-state index in [1.807, 2.05) is 19.1 Å². The summed E-state index contributed by atoms with van der Waals surface area (Å²) >= 11 is 0. The molecule has 1 heterocycles. The van der Waals surface area contributed by atoms with Crippen molar-refractivity contribution in [1.29, 1.82) is 0 Å². The molecule has 3 aromatic carbocycles. The predicted octanol–water partition coefficient (Wildman–Crippen LogP) is 5.99. The van der Waals surface area contributed by atoms with Gasteiger partial charge in [-0.15, -0.1) is 0 Å². The molecule has 1 N–H and O–H groups in total. The minimum Gasteiger partial charge on any atom is -0.502 e. The molecular formula is C40H37NO8. The van der Waals surface area contributed by atoms with Crippen molar-refractivity contribution in [3.05, 3.63) is 106 Å². The predicted molar refractivity (Wildman–Crippen MR) is 181 cm³/mol. The van der Waals surface area contributed by atoms with Gasteiger partial charge in [0.05, 0.1) is 37.2 Å². The highest BCUT2D eigenvalue weighted by Gasteiger charge is 2.64. The topological polar surface area (TPSA) is 127 Å². The highest BCUT2D eigenvalue weighted by Crippen LogP contribution is 2.63. The molecule has 2 fully saturated rings. The van der Waals surface area contributed by atoms with Crippen molar-refractivity contribution in [1.82, 2.24) is 0 Å². The number of carbonyl (C=O) groups excluding carboxylic acids is 5. The summed E-state index contributed by atoms with van der Waals surface area (Å²) in [5.74, 6) is -4.36. The van der Waals surface area contributed by atoms with Crippen molar-refractivity contribution >= 4 is 34.9 Å². The number of amides is 2. The Hall–Kier alpha value is -5.31. The average Bonchev–Trinajstić information content (AvgIpc) is 3.38. The number of rotatable bonds is 6. The van der Waals surface area contributed by atoms with E-state index in [9.17, 15) is 29.1 Å². The van der Waals surface area contributed by atoms with Gasteiger partial charge in [-0.25, -0.2) is 0 Å². The summed E-state index contributed by atoms with van der Waals surface area (Å²) in [6, 6.07) is 18.7. The third-order valence-electron chi connectivity index (χ3n) is 11.4. The number of allylic oxidation sites excluding steroid dienone is 4. The molecule has 2 amide bonds. The minimum atomic E-state index is -1.20. The number of methoxy groups -OCH3 is 2. The fraction of sp³-hybridized carbons (Fsp3) is 0.325. The number of hydrogen-bond donors (Lipinski definition) is 1. The first-order valence-electron chi connectivity index (χ1n) is 16.4. The molecule has 0 aromatic heterocycles. The molecule has 4 aliphatic rings. The third kappa shape index (κ3) is 4.62. The zero-order valence-electron chi connectivity index (χ0n) is 28.0. The molecule has 0 spiro atoms. The van der Waals surface area contributed by atoms with Crippen molar-refractivity contribution in [3.8, 4) is 17.2 Å². The number of ketones is 3. The van der Waals surface area contributed by atoms with E-state index in [4.69, 9.17) is 9.47 Å². The Bertz CT molecular complexity index is 1980. The molecule has 7 rings (SSSR count). The highest BCUT2D eigenvalue weighted by atomic mass is 16.5. The Labute approximate surface area is 284 Å². The normalized spacial score (nSPS) is 27.7. The fourth-order valence-electron chi connectivity index (χ4n) is 8.81. The SMILES string of the molecule is COc1cc([C@H]2C3=CC[C@@H]4C(=O)N(c5ccc(C(=O)c6ccccc6)cc5)C(=O)[C@@H]4[C@@H]3C[C@H]3C(=O)C(C)=C(C)C(=O)[C@@]23C)cc(OC)c1O. The van der Waals surface area contributed by atoms with Crippen molar-refractivity contribution in [3.63, 3.8) is 0 Å². The van der Waals surface area contributed by atoms with Gasteiger partial charge in [0.2, 0.25) is 17.6 Å². The molecule has 250 valence electrons. The summed E-state index contributed by atoms with van der Waals surface area (Å²) in [6.45, 7) is 5.17. The molecule has 49 heavy (non-hydrogen) atoms. The lowest BCUT2D eigenvalue weighted by Gasteiger charge is -2.54.